The van der Waals surface area contributed by atoms with Crippen LogP contribution in [-0.2, 0) is 0 Å². The highest BCUT2D eigenvalue weighted by Gasteiger charge is 2.39. The minimum absolute atomic E-state index is 0.133. The molecule has 0 aliphatic carbocycles. The number of benzene rings is 3. The Balaban J connectivity index is 1.60. The number of hydrogen-bond acceptors (Lipinski definition) is 3. The number of nitrogens with one attached hydrogen (secondary N) is 1. The van der Waals surface area contributed by atoms with E-state index in [-0.39, 0.29) is 18.1 Å². The summed E-state index contributed by atoms with van der Waals surface area (Å²) in [6, 6.07) is 29.1. The van der Waals surface area contributed by atoms with Crippen molar-refractivity contribution in [3.05, 3.63) is 96.1 Å². The minimum Gasteiger partial charge on any atom is -0.487 e. The Hall–Kier alpha value is -2.78. The number of ether oxygens (including phenoxy) is 1. The number of nitrogen functional groups attached to an aromatic ring is 1. The zero-order valence-electron chi connectivity index (χ0n) is 14.0. The van der Waals surface area contributed by atoms with E-state index < -0.39 is 0 Å². The highest BCUT2D eigenvalue weighted by Crippen LogP contribution is 2.34. The molecule has 3 aromatic rings. The van der Waals surface area contributed by atoms with Crippen molar-refractivity contribution in [1.82, 2.24) is 5.32 Å². The third-order valence-electron chi connectivity index (χ3n) is 4.80. The van der Waals surface area contributed by atoms with Crippen LogP contribution in [-0.4, -0.2) is 18.7 Å². The van der Waals surface area contributed by atoms with Crippen molar-refractivity contribution >= 4 is 5.69 Å². The van der Waals surface area contributed by atoms with Crippen LogP contribution in [0.2, 0.25) is 0 Å². The third kappa shape index (κ3) is 3.37. The van der Waals surface area contributed by atoms with E-state index in [9.17, 15) is 0 Å². The summed E-state index contributed by atoms with van der Waals surface area (Å²) in [5.74, 6) is 1.13. The van der Waals surface area contributed by atoms with Crippen LogP contribution < -0.4 is 15.8 Å². The summed E-state index contributed by atoms with van der Waals surface area (Å²) < 4.78 is 6.22. The SMILES string of the molecule is Nc1ccc(OC2CNC2C(c2ccccc2)c2ccccc2)cc1. The maximum atomic E-state index is 6.22. The first-order valence-electron chi connectivity index (χ1n) is 8.67. The van der Waals surface area contributed by atoms with Crippen molar-refractivity contribution in [3.63, 3.8) is 0 Å². The average molecular weight is 330 g/mol. The molecule has 1 aliphatic heterocycles. The lowest BCUT2D eigenvalue weighted by Gasteiger charge is -2.43. The summed E-state index contributed by atoms with van der Waals surface area (Å²) in [6.45, 7) is 0.852. The summed E-state index contributed by atoms with van der Waals surface area (Å²) in [5.41, 5.74) is 9.12. The van der Waals surface area contributed by atoms with E-state index in [1.807, 2.05) is 24.3 Å². The molecule has 0 radical (unpaired) electrons. The van der Waals surface area contributed by atoms with Gasteiger partial charge in [0.2, 0.25) is 0 Å². The zero-order chi connectivity index (χ0) is 17.1. The lowest BCUT2D eigenvalue weighted by atomic mass is 9.79. The van der Waals surface area contributed by atoms with Gasteiger partial charge < -0.3 is 15.8 Å². The Kier molecular flexibility index (Phi) is 4.40. The summed E-state index contributed by atoms with van der Waals surface area (Å²) in [5, 5.41) is 3.57. The van der Waals surface area contributed by atoms with Gasteiger partial charge in [0.15, 0.2) is 0 Å². The van der Waals surface area contributed by atoms with E-state index in [1.165, 1.54) is 11.1 Å². The fourth-order valence-corrected chi connectivity index (χ4v) is 3.45. The van der Waals surface area contributed by atoms with Gasteiger partial charge >= 0.3 is 0 Å². The van der Waals surface area contributed by atoms with Gasteiger partial charge in [-0.05, 0) is 35.4 Å². The molecule has 2 atom stereocenters. The van der Waals surface area contributed by atoms with Gasteiger partial charge in [0.05, 0.1) is 6.04 Å². The van der Waals surface area contributed by atoms with E-state index in [4.69, 9.17) is 10.5 Å². The Bertz CT molecular complexity index is 763. The van der Waals surface area contributed by atoms with E-state index in [0.717, 1.165) is 18.0 Å². The quantitative estimate of drug-likeness (QED) is 0.699. The van der Waals surface area contributed by atoms with E-state index in [2.05, 4.69) is 66.0 Å². The summed E-state index contributed by atoms with van der Waals surface area (Å²) in [6.07, 6.45) is 0.133. The molecule has 0 aromatic heterocycles. The van der Waals surface area contributed by atoms with Crippen molar-refractivity contribution in [2.45, 2.75) is 18.1 Å². The fraction of sp³-hybridized carbons (Fsp3) is 0.182. The lowest BCUT2D eigenvalue weighted by Crippen LogP contribution is -2.62. The van der Waals surface area contributed by atoms with Gasteiger partial charge in [0, 0.05) is 18.2 Å². The maximum Gasteiger partial charge on any atom is 0.127 e. The third-order valence-corrected chi connectivity index (χ3v) is 4.80. The van der Waals surface area contributed by atoms with Crippen LogP contribution in [0.1, 0.15) is 17.0 Å². The van der Waals surface area contributed by atoms with E-state index >= 15 is 0 Å². The molecule has 0 amide bonds. The molecule has 1 fully saturated rings. The monoisotopic (exact) mass is 330 g/mol. The Morgan fingerprint density at radius 3 is 1.84 bits per heavy atom. The molecule has 3 aromatic carbocycles. The molecule has 4 rings (SSSR count). The molecule has 1 saturated heterocycles. The first-order valence-corrected chi connectivity index (χ1v) is 8.67. The van der Waals surface area contributed by atoms with Gasteiger partial charge in [-0.3, -0.25) is 0 Å². The Morgan fingerprint density at radius 2 is 1.36 bits per heavy atom. The van der Waals surface area contributed by atoms with Crippen LogP contribution in [0, 0.1) is 0 Å². The number of hydrogen-bond donors (Lipinski definition) is 2. The van der Waals surface area contributed by atoms with Crippen molar-refractivity contribution in [2.24, 2.45) is 0 Å². The molecular weight excluding hydrogens is 308 g/mol. The van der Waals surface area contributed by atoms with E-state index in [0.29, 0.717) is 0 Å². The van der Waals surface area contributed by atoms with Gasteiger partial charge in [0.25, 0.3) is 0 Å². The van der Waals surface area contributed by atoms with Gasteiger partial charge in [-0.15, -0.1) is 0 Å². The smallest absolute Gasteiger partial charge is 0.127 e. The number of nitrogens with two attached hydrogens (primary N) is 1. The second kappa shape index (κ2) is 6.99. The topological polar surface area (TPSA) is 47.3 Å². The molecule has 0 saturated carbocycles. The molecule has 25 heavy (non-hydrogen) atoms. The molecule has 1 heterocycles. The minimum atomic E-state index is 0.133. The highest BCUT2D eigenvalue weighted by molar-refractivity contribution is 5.42. The fourth-order valence-electron chi connectivity index (χ4n) is 3.45. The van der Waals surface area contributed by atoms with Crippen LogP contribution in [0.4, 0.5) is 5.69 Å². The van der Waals surface area contributed by atoms with Crippen LogP contribution in [0.15, 0.2) is 84.9 Å². The van der Waals surface area contributed by atoms with E-state index in [1.54, 1.807) is 0 Å². The average Bonchev–Trinajstić information content (AvgIpc) is 2.66. The van der Waals surface area contributed by atoms with Crippen molar-refractivity contribution in [1.29, 1.82) is 0 Å². The lowest BCUT2D eigenvalue weighted by molar-refractivity contribution is 0.0757. The first kappa shape index (κ1) is 15.7. The molecule has 3 nitrogen and oxygen atoms in total. The largest absolute Gasteiger partial charge is 0.487 e. The van der Waals surface area contributed by atoms with Crippen LogP contribution in [0.5, 0.6) is 5.75 Å². The molecular formula is C22H22N2O. The standard InChI is InChI=1S/C22H22N2O/c23-18-11-13-19(14-12-18)25-20-15-24-22(20)21(16-7-3-1-4-8-16)17-9-5-2-6-10-17/h1-14,20-22,24H,15,23H2. The molecule has 126 valence electrons. The number of anilines is 1. The first-order chi connectivity index (χ1) is 12.3. The van der Waals surface area contributed by atoms with Gasteiger partial charge in [-0.2, -0.15) is 0 Å². The summed E-state index contributed by atoms with van der Waals surface area (Å²) >= 11 is 0. The molecule has 0 spiro atoms. The predicted octanol–water partition coefficient (Wildman–Crippen LogP) is 3.82. The highest BCUT2D eigenvalue weighted by atomic mass is 16.5. The van der Waals surface area contributed by atoms with Crippen molar-refractivity contribution in [2.75, 3.05) is 12.3 Å². The van der Waals surface area contributed by atoms with Gasteiger partial charge in [0.1, 0.15) is 11.9 Å². The van der Waals surface area contributed by atoms with Crippen LogP contribution in [0.3, 0.4) is 0 Å². The second-order valence-corrected chi connectivity index (χ2v) is 6.46. The normalized spacial score (nSPS) is 19.4. The summed E-state index contributed by atoms with van der Waals surface area (Å²) in [4.78, 5) is 0. The number of rotatable bonds is 5. The molecule has 0 bridgehead atoms. The Morgan fingerprint density at radius 1 is 0.800 bits per heavy atom. The van der Waals surface area contributed by atoms with Crippen molar-refractivity contribution < 1.29 is 4.74 Å². The molecule has 2 unspecified atom stereocenters. The van der Waals surface area contributed by atoms with Gasteiger partial charge in [-0.25, -0.2) is 0 Å². The maximum absolute atomic E-state index is 6.22. The molecule has 3 N–H and O–H groups in total. The molecule has 3 heteroatoms. The van der Waals surface area contributed by atoms with Crippen LogP contribution in [0.25, 0.3) is 0 Å². The summed E-state index contributed by atoms with van der Waals surface area (Å²) in [7, 11) is 0. The molecule has 1 aliphatic rings. The Labute approximate surface area is 148 Å². The van der Waals surface area contributed by atoms with Gasteiger partial charge in [-0.1, -0.05) is 60.7 Å². The second-order valence-electron chi connectivity index (χ2n) is 6.46. The van der Waals surface area contributed by atoms with Crippen LogP contribution >= 0.6 is 0 Å². The van der Waals surface area contributed by atoms with Crippen molar-refractivity contribution in [3.8, 4) is 5.75 Å². The predicted molar refractivity (Wildman–Crippen MR) is 102 cm³/mol. The zero-order valence-corrected chi connectivity index (χ0v) is 14.0.